The fourth-order valence-corrected chi connectivity index (χ4v) is 2.54. The highest BCUT2D eigenvalue weighted by Crippen LogP contribution is 2.23. The Hall–Kier alpha value is -2.29. The summed E-state index contributed by atoms with van der Waals surface area (Å²) < 4.78 is 64.8. The molecule has 9 heteroatoms. The van der Waals surface area contributed by atoms with Crippen molar-refractivity contribution in [3.8, 4) is 0 Å². The van der Waals surface area contributed by atoms with Crippen molar-refractivity contribution in [3.05, 3.63) is 47.9 Å². The molecule has 1 heterocycles. The third-order valence-corrected chi connectivity index (χ3v) is 3.65. The summed E-state index contributed by atoms with van der Waals surface area (Å²) in [6, 6.07) is 3.31. The molecule has 0 saturated carbocycles. The fourth-order valence-electron chi connectivity index (χ4n) is 1.42. The molecule has 2 rings (SSSR count). The van der Waals surface area contributed by atoms with Gasteiger partial charge in [-0.2, -0.15) is 8.42 Å². The monoisotopic (exact) mass is 303 g/mol. The van der Waals surface area contributed by atoms with Crippen LogP contribution in [0.3, 0.4) is 0 Å². The average molecular weight is 303 g/mol. The quantitative estimate of drug-likeness (QED) is 0.848. The van der Waals surface area contributed by atoms with Crippen molar-refractivity contribution < 1.29 is 21.6 Å². The summed E-state index contributed by atoms with van der Waals surface area (Å²) in [6.45, 7) is 0. The molecule has 0 bridgehead atoms. The van der Waals surface area contributed by atoms with E-state index in [1.54, 1.807) is 4.72 Å². The Morgan fingerprint density at radius 1 is 1.10 bits per heavy atom. The number of sulfonamides is 1. The first kappa shape index (κ1) is 14.1. The number of anilines is 2. The van der Waals surface area contributed by atoms with Crippen molar-refractivity contribution in [3.63, 3.8) is 0 Å². The molecule has 0 fully saturated rings. The second-order valence-corrected chi connectivity index (χ2v) is 5.35. The summed E-state index contributed by atoms with van der Waals surface area (Å²) in [4.78, 5) is 3.55. The highest BCUT2D eigenvalue weighted by molar-refractivity contribution is 7.92. The molecule has 0 aliphatic carbocycles. The molecule has 1 aromatic heterocycles. The third kappa shape index (κ3) is 2.67. The van der Waals surface area contributed by atoms with Gasteiger partial charge in [0.05, 0.1) is 11.4 Å². The Morgan fingerprint density at radius 2 is 1.75 bits per heavy atom. The van der Waals surface area contributed by atoms with Gasteiger partial charge in [-0.3, -0.25) is 4.72 Å². The molecule has 0 aliphatic heterocycles. The second-order valence-electron chi connectivity index (χ2n) is 3.75. The van der Waals surface area contributed by atoms with Gasteiger partial charge in [0.2, 0.25) is 0 Å². The minimum Gasteiger partial charge on any atom is -0.396 e. The standard InChI is InChI=1S/C11H8F3N3O2S/c12-6-4-8(14)10(5-7(6)13)17-20(18,19)11-9(15)2-1-3-16-11/h1-5,17H,15H2. The van der Waals surface area contributed by atoms with Crippen LogP contribution in [0, 0.1) is 17.5 Å². The zero-order chi connectivity index (χ0) is 14.9. The van der Waals surface area contributed by atoms with Gasteiger partial charge < -0.3 is 5.73 Å². The average Bonchev–Trinajstić information content (AvgIpc) is 2.36. The lowest BCUT2D eigenvalue weighted by Gasteiger charge is -2.10. The van der Waals surface area contributed by atoms with Gasteiger partial charge in [-0.1, -0.05) is 0 Å². The number of benzene rings is 1. The number of nitrogens with two attached hydrogens (primary N) is 1. The predicted octanol–water partition coefficient (Wildman–Crippen LogP) is 1.88. The smallest absolute Gasteiger partial charge is 0.281 e. The number of aromatic nitrogens is 1. The first-order chi connectivity index (χ1) is 9.31. The number of nitrogens with one attached hydrogen (secondary N) is 1. The Morgan fingerprint density at radius 3 is 2.40 bits per heavy atom. The molecule has 0 spiro atoms. The number of halogens is 3. The van der Waals surface area contributed by atoms with Crippen molar-refractivity contribution >= 4 is 21.4 Å². The van der Waals surface area contributed by atoms with Crippen LogP contribution in [0.1, 0.15) is 0 Å². The fraction of sp³-hybridized carbons (Fsp3) is 0. The van der Waals surface area contributed by atoms with Crippen LogP contribution in [0.25, 0.3) is 0 Å². The van der Waals surface area contributed by atoms with E-state index in [2.05, 4.69) is 4.98 Å². The normalized spacial score (nSPS) is 11.3. The summed E-state index contributed by atoms with van der Waals surface area (Å²) in [5, 5.41) is -0.538. The largest absolute Gasteiger partial charge is 0.396 e. The lowest BCUT2D eigenvalue weighted by atomic mass is 10.3. The first-order valence-corrected chi connectivity index (χ1v) is 6.67. The molecule has 0 radical (unpaired) electrons. The van der Waals surface area contributed by atoms with E-state index in [4.69, 9.17) is 5.73 Å². The molecule has 5 nitrogen and oxygen atoms in total. The van der Waals surface area contributed by atoms with Crippen LogP contribution < -0.4 is 10.5 Å². The SMILES string of the molecule is Nc1cccnc1S(=O)(=O)Nc1cc(F)c(F)cc1F. The van der Waals surface area contributed by atoms with Crippen molar-refractivity contribution in [1.82, 2.24) is 4.98 Å². The number of rotatable bonds is 3. The van der Waals surface area contributed by atoms with E-state index in [1.807, 2.05) is 0 Å². The highest BCUT2D eigenvalue weighted by Gasteiger charge is 2.21. The molecule has 0 atom stereocenters. The van der Waals surface area contributed by atoms with Gasteiger partial charge >= 0.3 is 0 Å². The topological polar surface area (TPSA) is 85.1 Å². The molecule has 1 aromatic carbocycles. The third-order valence-electron chi connectivity index (χ3n) is 2.31. The number of hydrogen-bond donors (Lipinski definition) is 2. The summed E-state index contributed by atoms with van der Waals surface area (Å²) >= 11 is 0. The van der Waals surface area contributed by atoms with E-state index in [0.29, 0.717) is 6.07 Å². The van der Waals surface area contributed by atoms with Gasteiger partial charge in [0, 0.05) is 18.3 Å². The van der Waals surface area contributed by atoms with Crippen molar-refractivity contribution in [2.75, 3.05) is 10.5 Å². The summed E-state index contributed by atoms with van der Waals surface area (Å²) in [5.41, 5.74) is 4.54. The van der Waals surface area contributed by atoms with Crippen LogP contribution in [0.15, 0.2) is 35.5 Å². The number of hydrogen-bond acceptors (Lipinski definition) is 4. The zero-order valence-electron chi connectivity index (χ0n) is 9.77. The van der Waals surface area contributed by atoms with E-state index in [9.17, 15) is 21.6 Å². The van der Waals surface area contributed by atoms with Crippen LogP contribution in [-0.2, 0) is 10.0 Å². The van der Waals surface area contributed by atoms with E-state index in [0.717, 1.165) is 0 Å². The van der Waals surface area contributed by atoms with Crippen LogP contribution in [0.5, 0.6) is 0 Å². The molecule has 20 heavy (non-hydrogen) atoms. The summed E-state index contributed by atoms with van der Waals surface area (Å²) in [7, 11) is -4.31. The predicted molar refractivity (Wildman–Crippen MR) is 65.8 cm³/mol. The number of pyridine rings is 1. The molecule has 0 unspecified atom stereocenters. The molecule has 0 amide bonds. The van der Waals surface area contributed by atoms with Crippen molar-refractivity contribution in [2.24, 2.45) is 0 Å². The molecule has 0 aliphatic rings. The molecule has 2 aromatic rings. The van der Waals surface area contributed by atoms with Crippen LogP contribution in [0.4, 0.5) is 24.5 Å². The summed E-state index contributed by atoms with van der Waals surface area (Å²) in [5.74, 6) is -4.08. The molecular formula is C11H8F3N3O2S. The number of nitrogens with zero attached hydrogens (tertiary/aromatic N) is 1. The van der Waals surface area contributed by atoms with Gasteiger partial charge in [-0.05, 0) is 12.1 Å². The number of nitrogen functional groups attached to an aromatic ring is 1. The molecule has 106 valence electrons. The van der Waals surface area contributed by atoms with E-state index in [1.165, 1.54) is 18.3 Å². The van der Waals surface area contributed by atoms with Crippen LogP contribution in [-0.4, -0.2) is 13.4 Å². The Bertz CT molecular complexity index is 766. The lowest BCUT2D eigenvalue weighted by molar-refractivity contribution is 0.496. The van der Waals surface area contributed by atoms with Crippen LogP contribution in [0.2, 0.25) is 0 Å². The Labute approximate surface area is 112 Å². The lowest BCUT2D eigenvalue weighted by Crippen LogP contribution is -2.17. The second kappa shape index (κ2) is 5.00. The van der Waals surface area contributed by atoms with Gasteiger partial charge in [-0.15, -0.1) is 0 Å². The van der Waals surface area contributed by atoms with Crippen molar-refractivity contribution in [2.45, 2.75) is 5.03 Å². The van der Waals surface area contributed by atoms with Crippen molar-refractivity contribution in [1.29, 1.82) is 0 Å². The maximum absolute atomic E-state index is 13.4. The maximum Gasteiger partial charge on any atom is 0.281 e. The first-order valence-electron chi connectivity index (χ1n) is 5.19. The van der Waals surface area contributed by atoms with E-state index in [-0.39, 0.29) is 11.8 Å². The van der Waals surface area contributed by atoms with Crippen LogP contribution >= 0.6 is 0 Å². The van der Waals surface area contributed by atoms with Gasteiger partial charge in [-0.25, -0.2) is 18.2 Å². The zero-order valence-corrected chi connectivity index (χ0v) is 10.6. The highest BCUT2D eigenvalue weighted by atomic mass is 32.2. The minimum absolute atomic E-state index is 0.164. The van der Waals surface area contributed by atoms with Gasteiger partial charge in [0.1, 0.15) is 5.82 Å². The van der Waals surface area contributed by atoms with E-state index < -0.39 is 38.2 Å². The van der Waals surface area contributed by atoms with Gasteiger partial charge in [0.15, 0.2) is 16.7 Å². The molecule has 0 saturated heterocycles. The minimum atomic E-state index is -4.31. The summed E-state index contributed by atoms with van der Waals surface area (Å²) in [6.07, 6.45) is 1.17. The maximum atomic E-state index is 13.4. The Kier molecular flexibility index (Phi) is 3.53. The Balaban J connectivity index is 2.44. The molecule has 3 N–H and O–H groups in total. The molecular weight excluding hydrogens is 295 g/mol. The van der Waals surface area contributed by atoms with Gasteiger partial charge in [0.25, 0.3) is 10.0 Å². The van der Waals surface area contributed by atoms with E-state index >= 15 is 0 Å².